The predicted octanol–water partition coefficient (Wildman–Crippen LogP) is 2.66. The van der Waals surface area contributed by atoms with E-state index in [-0.39, 0.29) is 10.8 Å². The highest BCUT2D eigenvalue weighted by molar-refractivity contribution is 7.89. The fourth-order valence-corrected chi connectivity index (χ4v) is 3.49. The number of hydrogen-bond donors (Lipinski definition) is 1. The van der Waals surface area contributed by atoms with Crippen molar-refractivity contribution in [2.45, 2.75) is 11.4 Å². The topological polar surface area (TPSA) is 71.4 Å². The van der Waals surface area contributed by atoms with Crippen LogP contribution < -0.4 is 5.32 Å². The van der Waals surface area contributed by atoms with Crippen LogP contribution in [-0.2, 0) is 16.6 Å². The van der Waals surface area contributed by atoms with Gasteiger partial charge in [0.15, 0.2) is 0 Å². The van der Waals surface area contributed by atoms with Gasteiger partial charge in [-0.15, -0.1) is 0 Å². The van der Waals surface area contributed by atoms with Gasteiger partial charge in [-0.3, -0.25) is 4.79 Å². The zero-order valence-corrected chi connectivity index (χ0v) is 16.0. The van der Waals surface area contributed by atoms with Crippen LogP contribution in [0.4, 0.5) is 0 Å². The van der Waals surface area contributed by atoms with Crippen LogP contribution in [0.1, 0.15) is 15.9 Å². The number of aromatic nitrogens is 1. The lowest BCUT2D eigenvalue weighted by Crippen LogP contribution is -2.23. The molecule has 0 aliphatic carbocycles. The number of sulfonamides is 1. The zero-order valence-electron chi connectivity index (χ0n) is 15.2. The molecule has 0 unspecified atom stereocenters. The monoisotopic (exact) mass is 383 g/mol. The van der Waals surface area contributed by atoms with Crippen LogP contribution in [0.3, 0.4) is 0 Å². The van der Waals surface area contributed by atoms with Crippen LogP contribution >= 0.6 is 0 Å². The average Bonchev–Trinajstić information content (AvgIpc) is 3.21. The third-order valence-electron chi connectivity index (χ3n) is 4.17. The fourth-order valence-electron chi connectivity index (χ4n) is 2.59. The molecule has 0 saturated carbocycles. The Kier molecular flexibility index (Phi) is 5.43. The van der Waals surface area contributed by atoms with Gasteiger partial charge >= 0.3 is 0 Å². The Morgan fingerprint density at radius 1 is 1.00 bits per heavy atom. The van der Waals surface area contributed by atoms with Crippen molar-refractivity contribution in [1.82, 2.24) is 14.2 Å². The van der Waals surface area contributed by atoms with Gasteiger partial charge in [-0.05, 0) is 48.0 Å². The van der Waals surface area contributed by atoms with Crippen molar-refractivity contribution in [3.63, 3.8) is 0 Å². The summed E-state index contributed by atoms with van der Waals surface area (Å²) >= 11 is 0. The second-order valence-electron chi connectivity index (χ2n) is 6.25. The maximum atomic E-state index is 12.4. The molecular weight excluding hydrogens is 362 g/mol. The van der Waals surface area contributed by atoms with E-state index in [9.17, 15) is 13.2 Å². The van der Waals surface area contributed by atoms with E-state index in [1.807, 2.05) is 47.3 Å². The SMILES string of the molecule is CN(C)S(=O)(=O)c1ccc(CNC(=O)c2cccc(-n3cccc3)c2)cc1. The van der Waals surface area contributed by atoms with Gasteiger partial charge in [-0.2, -0.15) is 0 Å². The van der Waals surface area contributed by atoms with Crippen molar-refractivity contribution in [2.24, 2.45) is 0 Å². The first-order valence-corrected chi connectivity index (χ1v) is 9.85. The van der Waals surface area contributed by atoms with Gasteiger partial charge in [0.25, 0.3) is 5.91 Å². The van der Waals surface area contributed by atoms with E-state index in [0.29, 0.717) is 12.1 Å². The molecule has 0 bridgehead atoms. The van der Waals surface area contributed by atoms with Crippen molar-refractivity contribution in [2.75, 3.05) is 14.1 Å². The van der Waals surface area contributed by atoms with Crippen LogP contribution in [0.2, 0.25) is 0 Å². The third kappa shape index (κ3) is 4.27. The Balaban J connectivity index is 1.67. The third-order valence-corrected chi connectivity index (χ3v) is 6.00. The summed E-state index contributed by atoms with van der Waals surface area (Å²) in [6.45, 7) is 0.314. The summed E-state index contributed by atoms with van der Waals surface area (Å²) in [6.07, 6.45) is 3.83. The minimum absolute atomic E-state index is 0.186. The average molecular weight is 383 g/mol. The lowest BCUT2D eigenvalue weighted by molar-refractivity contribution is 0.0951. The summed E-state index contributed by atoms with van der Waals surface area (Å²) in [5.41, 5.74) is 2.29. The van der Waals surface area contributed by atoms with Gasteiger partial charge in [0, 0.05) is 44.3 Å². The fraction of sp³-hybridized carbons (Fsp3) is 0.150. The van der Waals surface area contributed by atoms with Crippen LogP contribution in [-0.4, -0.2) is 37.3 Å². The van der Waals surface area contributed by atoms with E-state index in [4.69, 9.17) is 0 Å². The van der Waals surface area contributed by atoms with Crippen molar-refractivity contribution in [1.29, 1.82) is 0 Å². The molecule has 1 aromatic heterocycles. The highest BCUT2D eigenvalue weighted by atomic mass is 32.2. The molecule has 6 nitrogen and oxygen atoms in total. The summed E-state index contributed by atoms with van der Waals surface area (Å²) in [5.74, 6) is -0.186. The van der Waals surface area contributed by atoms with Crippen LogP contribution in [0.15, 0.2) is 78.0 Å². The number of nitrogens with one attached hydrogen (secondary N) is 1. The quantitative estimate of drug-likeness (QED) is 0.711. The first-order chi connectivity index (χ1) is 12.9. The van der Waals surface area contributed by atoms with E-state index in [2.05, 4.69) is 5.32 Å². The molecule has 0 radical (unpaired) electrons. The summed E-state index contributed by atoms with van der Waals surface area (Å²) in [7, 11) is -0.468. The molecule has 7 heteroatoms. The highest BCUT2D eigenvalue weighted by Gasteiger charge is 2.16. The van der Waals surface area contributed by atoms with Crippen LogP contribution in [0.25, 0.3) is 5.69 Å². The Bertz CT molecular complexity index is 1020. The van der Waals surface area contributed by atoms with Gasteiger partial charge in [-0.1, -0.05) is 18.2 Å². The number of rotatable bonds is 6. The predicted molar refractivity (Wildman–Crippen MR) is 104 cm³/mol. The van der Waals surface area contributed by atoms with Crippen molar-refractivity contribution in [3.8, 4) is 5.69 Å². The maximum absolute atomic E-state index is 12.4. The summed E-state index contributed by atoms with van der Waals surface area (Å²) in [6, 6.07) is 17.7. The Morgan fingerprint density at radius 3 is 2.30 bits per heavy atom. The van der Waals surface area contributed by atoms with E-state index >= 15 is 0 Å². The molecule has 2 aromatic carbocycles. The van der Waals surface area contributed by atoms with E-state index in [1.165, 1.54) is 18.4 Å². The van der Waals surface area contributed by atoms with Gasteiger partial charge < -0.3 is 9.88 Å². The molecule has 1 N–H and O–H groups in total. The van der Waals surface area contributed by atoms with Crippen molar-refractivity contribution < 1.29 is 13.2 Å². The second-order valence-corrected chi connectivity index (χ2v) is 8.41. The molecule has 1 heterocycles. The molecule has 0 atom stereocenters. The molecule has 0 spiro atoms. The van der Waals surface area contributed by atoms with Gasteiger partial charge in [0.05, 0.1) is 4.90 Å². The van der Waals surface area contributed by atoms with E-state index in [0.717, 1.165) is 11.3 Å². The summed E-state index contributed by atoms with van der Waals surface area (Å²) in [5, 5.41) is 2.86. The first-order valence-electron chi connectivity index (χ1n) is 8.41. The Labute approximate surface area is 159 Å². The minimum Gasteiger partial charge on any atom is -0.348 e. The Morgan fingerprint density at radius 2 is 1.67 bits per heavy atom. The lowest BCUT2D eigenvalue weighted by Gasteiger charge is -2.12. The van der Waals surface area contributed by atoms with Gasteiger partial charge in [0.2, 0.25) is 10.0 Å². The van der Waals surface area contributed by atoms with E-state index < -0.39 is 10.0 Å². The summed E-state index contributed by atoms with van der Waals surface area (Å²) in [4.78, 5) is 12.7. The minimum atomic E-state index is -3.45. The van der Waals surface area contributed by atoms with Gasteiger partial charge in [0.1, 0.15) is 0 Å². The largest absolute Gasteiger partial charge is 0.348 e. The second kappa shape index (κ2) is 7.77. The number of benzene rings is 2. The standard InChI is InChI=1S/C20H21N3O3S/c1-22(2)27(25,26)19-10-8-16(9-11-19)15-21-20(24)17-6-5-7-18(14-17)23-12-3-4-13-23/h3-14H,15H2,1-2H3,(H,21,24). The molecule has 0 saturated heterocycles. The molecule has 0 aliphatic heterocycles. The van der Waals surface area contributed by atoms with Gasteiger partial charge in [-0.25, -0.2) is 12.7 Å². The van der Waals surface area contributed by atoms with Crippen LogP contribution in [0, 0.1) is 0 Å². The molecular formula is C20H21N3O3S. The molecule has 27 heavy (non-hydrogen) atoms. The number of nitrogens with zero attached hydrogens (tertiary/aromatic N) is 2. The molecule has 1 amide bonds. The molecule has 0 fully saturated rings. The number of carbonyl (C=O) groups is 1. The maximum Gasteiger partial charge on any atom is 0.251 e. The Hall–Kier alpha value is -2.90. The zero-order chi connectivity index (χ0) is 19.4. The van der Waals surface area contributed by atoms with Crippen molar-refractivity contribution >= 4 is 15.9 Å². The highest BCUT2D eigenvalue weighted by Crippen LogP contribution is 2.14. The number of hydrogen-bond acceptors (Lipinski definition) is 3. The molecule has 3 aromatic rings. The smallest absolute Gasteiger partial charge is 0.251 e. The van der Waals surface area contributed by atoms with Crippen molar-refractivity contribution in [3.05, 3.63) is 84.2 Å². The van der Waals surface area contributed by atoms with Crippen LogP contribution in [0.5, 0.6) is 0 Å². The normalized spacial score (nSPS) is 11.5. The molecule has 0 aliphatic rings. The first kappa shape index (κ1) is 18.9. The number of carbonyl (C=O) groups excluding carboxylic acids is 1. The molecule has 3 rings (SSSR count). The van der Waals surface area contributed by atoms with E-state index in [1.54, 1.807) is 30.3 Å². The molecule has 140 valence electrons. The summed E-state index contributed by atoms with van der Waals surface area (Å²) < 4.78 is 27.3. The number of amides is 1. The lowest BCUT2D eigenvalue weighted by atomic mass is 10.1.